The minimum Gasteiger partial charge on any atom is -0.354 e. The molecule has 1 aliphatic carbocycles. The molecule has 0 unspecified atom stereocenters. The molecule has 0 aromatic rings. The summed E-state index contributed by atoms with van der Waals surface area (Å²) >= 11 is 0. The van der Waals surface area contributed by atoms with Gasteiger partial charge in [0.05, 0.1) is 5.41 Å². The van der Waals surface area contributed by atoms with Gasteiger partial charge in [-0.1, -0.05) is 6.42 Å². The second-order valence-corrected chi connectivity index (χ2v) is 5.17. The van der Waals surface area contributed by atoms with Gasteiger partial charge >= 0.3 is 0 Å². The first kappa shape index (κ1) is 13.5. The molecule has 0 bridgehead atoms. The Bertz CT molecular complexity index is 231. The van der Waals surface area contributed by atoms with E-state index in [1.807, 2.05) is 0 Å². The standard InChI is InChI=1S/C12H25N3O/c1-10(2)15(3)8-7-14-11(16)12(9-13)5-4-6-12/h10H,4-9,13H2,1-3H3,(H,14,16). The van der Waals surface area contributed by atoms with Crippen LogP contribution >= 0.6 is 0 Å². The van der Waals surface area contributed by atoms with Gasteiger partial charge in [0, 0.05) is 25.7 Å². The van der Waals surface area contributed by atoms with E-state index in [0.29, 0.717) is 12.6 Å². The minimum atomic E-state index is -0.240. The SMILES string of the molecule is CC(C)N(C)CCNC(=O)C1(CN)CCC1. The maximum Gasteiger partial charge on any atom is 0.227 e. The Labute approximate surface area is 98.6 Å². The highest BCUT2D eigenvalue weighted by atomic mass is 16.2. The Hall–Kier alpha value is -0.610. The number of nitrogens with one attached hydrogen (secondary N) is 1. The average Bonchev–Trinajstić information content (AvgIpc) is 2.16. The summed E-state index contributed by atoms with van der Waals surface area (Å²) in [4.78, 5) is 14.1. The lowest BCUT2D eigenvalue weighted by Gasteiger charge is -2.39. The highest BCUT2D eigenvalue weighted by Crippen LogP contribution is 2.39. The second kappa shape index (κ2) is 5.64. The van der Waals surface area contributed by atoms with Crippen molar-refractivity contribution in [1.82, 2.24) is 10.2 Å². The molecule has 0 radical (unpaired) electrons. The number of carbonyl (C=O) groups excluding carboxylic acids is 1. The van der Waals surface area contributed by atoms with Crippen LogP contribution in [-0.4, -0.2) is 43.5 Å². The van der Waals surface area contributed by atoms with Crippen LogP contribution in [0.4, 0.5) is 0 Å². The molecule has 94 valence electrons. The van der Waals surface area contributed by atoms with E-state index in [2.05, 4.69) is 31.1 Å². The summed E-state index contributed by atoms with van der Waals surface area (Å²) in [5.74, 6) is 0.151. The molecule has 0 saturated heterocycles. The zero-order chi connectivity index (χ0) is 12.2. The summed E-state index contributed by atoms with van der Waals surface area (Å²) < 4.78 is 0. The summed E-state index contributed by atoms with van der Waals surface area (Å²) in [6, 6.07) is 0.518. The molecule has 0 atom stereocenters. The molecule has 0 aromatic carbocycles. The number of likely N-dealkylation sites (N-methyl/N-ethyl adjacent to an activating group) is 1. The minimum absolute atomic E-state index is 0.151. The topological polar surface area (TPSA) is 58.4 Å². The van der Waals surface area contributed by atoms with Gasteiger partial charge in [-0.2, -0.15) is 0 Å². The van der Waals surface area contributed by atoms with Crippen molar-refractivity contribution in [3.05, 3.63) is 0 Å². The summed E-state index contributed by atoms with van der Waals surface area (Å²) in [6.45, 7) is 6.39. The van der Waals surface area contributed by atoms with Crippen LogP contribution < -0.4 is 11.1 Å². The third kappa shape index (κ3) is 2.95. The fourth-order valence-corrected chi connectivity index (χ4v) is 1.92. The van der Waals surface area contributed by atoms with Crippen LogP contribution in [0.5, 0.6) is 0 Å². The predicted molar refractivity (Wildman–Crippen MR) is 66.1 cm³/mol. The van der Waals surface area contributed by atoms with Crippen molar-refractivity contribution in [2.24, 2.45) is 11.1 Å². The lowest BCUT2D eigenvalue weighted by Crippen LogP contribution is -2.51. The number of hydrogen-bond donors (Lipinski definition) is 2. The molecule has 0 heterocycles. The van der Waals surface area contributed by atoms with Crippen LogP contribution in [0.3, 0.4) is 0 Å². The van der Waals surface area contributed by atoms with E-state index in [0.717, 1.165) is 32.4 Å². The Morgan fingerprint density at radius 3 is 2.50 bits per heavy atom. The number of nitrogens with zero attached hydrogens (tertiary/aromatic N) is 1. The third-order valence-electron chi connectivity index (χ3n) is 3.81. The van der Waals surface area contributed by atoms with E-state index in [9.17, 15) is 4.79 Å². The van der Waals surface area contributed by atoms with Crippen LogP contribution in [0.25, 0.3) is 0 Å². The number of nitrogens with two attached hydrogens (primary N) is 1. The Morgan fingerprint density at radius 1 is 1.50 bits per heavy atom. The van der Waals surface area contributed by atoms with Gasteiger partial charge in [-0.3, -0.25) is 4.79 Å². The summed E-state index contributed by atoms with van der Waals surface area (Å²) in [5, 5.41) is 3.00. The molecule has 16 heavy (non-hydrogen) atoms. The van der Waals surface area contributed by atoms with E-state index in [1.54, 1.807) is 0 Å². The van der Waals surface area contributed by atoms with Crippen molar-refractivity contribution in [3.8, 4) is 0 Å². The molecule has 0 spiro atoms. The van der Waals surface area contributed by atoms with Crippen LogP contribution in [0.1, 0.15) is 33.1 Å². The van der Waals surface area contributed by atoms with E-state index in [4.69, 9.17) is 5.73 Å². The van der Waals surface area contributed by atoms with Gasteiger partial charge in [-0.15, -0.1) is 0 Å². The quantitative estimate of drug-likeness (QED) is 0.697. The zero-order valence-corrected chi connectivity index (χ0v) is 10.8. The van der Waals surface area contributed by atoms with Crippen molar-refractivity contribution in [2.75, 3.05) is 26.7 Å². The van der Waals surface area contributed by atoms with Crippen molar-refractivity contribution in [2.45, 2.75) is 39.2 Å². The number of rotatable bonds is 6. The van der Waals surface area contributed by atoms with Gasteiger partial charge in [-0.25, -0.2) is 0 Å². The van der Waals surface area contributed by atoms with Gasteiger partial charge in [0.15, 0.2) is 0 Å². The smallest absolute Gasteiger partial charge is 0.227 e. The molecule has 1 saturated carbocycles. The second-order valence-electron chi connectivity index (χ2n) is 5.17. The van der Waals surface area contributed by atoms with Crippen LogP contribution in [-0.2, 0) is 4.79 Å². The van der Waals surface area contributed by atoms with E-state index in [-0.39, 0.29) is 11.3 Å². The molecule has 1 aliphatic rings. The van der Waals surface area contributed by atoms with Crippen LogP contribution in [0.2, 0.25) is 0 Å². The van der Waals surface area contributed by atoms with Crippen molar-refractivity contribution in [3.63, 3.8) is 0 Å². The molecule has 3 N–H and O–H groups in total. The first-order chi connectivity index (χ1) is 7.52. The average molecular weight is 227 g/mol. The zero-order valence-electron chi connectivity index (χ0n) is 10.8. The molecule has 4 heteroatoms. The monoisotopic (exact) mass is 227 g/mol. The normalized spacial score (nSPS) is 18.6. The lowest BCUT2D eigenvalue weighted by molar-refractivity contribution is -0.135. The van der Waals surface area contributed by atoms with E-state index >= 15 is 0 Å². The largest absolute Gasteiger partial charge is 0.354 e. The molecule has 1 amide bonds. The lowest BCUT2D eigenvalue weighted by atomic mass is 9.68. The molecular weight excluding hydrogens is 202 g/mol. The third-order valence-corrected chi connectivity index (χ3v) is 3.81. The maximum atomic E-state index is 11.9. The molecule has 1 rings (SSSR count). The Morgan fingerprint density at radius 2 is 2.12 bits per heavy atom. The first-order valence-corrected chi connectivity index (χ1v) is 6.20. The number of amides is 1. The number of hydrogen-bond acceptors (Lipinski definition) is 3. The molecule has 0 aliphatic heterocycles. The molecule has 4 nitrogen and oxygen atoms in total. The van der Waals surface area contributed by atoms with Gasteiger partial charge in [0.25, 0.3) is 0 Å². The molecule has 1 fully saturated rings. The van der Waals surface area contributed by atoms with Gasteiger partial charge < -0.3 is 16.0 Å². The van der Waals surface area contributed by atoms with Crippen molar-refractivity contribution < 1.29 is 4.79 Å². The molecule has 0 aromatic heterocycles. The van der Waals surface area contributed by atoms with Gasteiger partial charge in [-0.05, 0) is 33.7 Å². The van der Waals surface area contributed by atoms with Crippen molar-refractivity contribution in [1.29, 1.82) is 0 Å². The number of carbonyl (C=O) groups is 1. The summed E-state index contributed by atoms with van der Waals surface area (Å²) in [7, 11) is 2.07. The van der Waals surface area contributed by atoms with Gasteiger partial charge in [0.2, 0.25) is 5.91 Å². The molecular formula is C12H25N3O. The highest BCUT2D eigenvalue weighted by molar-refractivity contribution is 5.83. The van der Waals surface area contributed by atoms with E-state index in [1.165, 1.54) is 0 Å². The Balaban J connectivity index is 2.25. The first-order valence-electron chi connectivity index (χ1n) is 6.20. The van der Waals surface area contributed by atoms with Crippen LogP contribution in [0.15, 0.2) is 0 Å². The predicted octanol–water partition coefficient (Wildman–Crippen LogP) is 0.572. The van der Waals surface area contributed by atoms with Crippen molar-refractivity contribution >= 4 is 5.91 Å². The summed E-state index contributed by atoms with van der Waals surface area (Å²) in [5.41, 5.74) is 5.44. The summed E-state index contributed by atoms with van der Waals surface area (Å²) in [6.07, 6.45) is 3.04. The Kier molecular flexibility index (Phi) is 4.74. The fourth-order valence-electron chi connectivity index (χ4n) is 1.92. The van der Waals surface area contributed by atoms with Crippen LogP contribution in [0, 0.1) is 5.41 Å². The fraction of sp³-hybridized carbons (Fsp3) is 0.917. The maximum absolute atomic E-state index is 11.9. The highest BCUT2D eigenvalue weighted by Gasteiger charge is 2.42. The van der Waals surface area contributed by atoms with E-state index < -0.39 is 0 Å². The van der Waals surface area contributed by atoms with Gasteiger partial charge in [0.1, 0.15) is 0 Å².